The molecule has 1 aromatic heterocycles. The molecule has 7 rings (SSSR count). The van der Waals surface area contributed by atoms with Crippen LogP contribution in [0.15, 0.2) is 91.0 Å². The van der Waals surface area contributed by atoms with Gasteiger partial charge >= 0.3 is 0 Å². The maximum absolute atomic E-state index is 2.51. The summed E-state index contributed by atoms with van der Waals surface area (Å²) in [6, 6.07) is 31.5. The lowest BCUT2D eigenvalue weighted by atomic mass is 9.99. The van der Waals surface area contributed by atoms with E-state index in [1.807, 2.05) is 0 Å². The van der Waals surface area contributed by atoms with E-state index in [0.29, 0.717) is 0 Å². The highest BCUT2D eigenvalue weighted by molar-refractivity contribution is 5.96. The molecule has 0 spiro atoms. The van der Waals surface area contributed by atoms with E-state index in [0.717, 1.165) is 19.3 Å². The molecule has 2 aliphatic carbocycles. The highest BCUT2D eigenvalue weighted by Gasteiger charge is 2.23. The molecule has 0 saturated carbocycles. The van der Waals surface area contributed by atoms with Gasteiger partial charge in [0.25, 0.3) is 0 Å². The van der Waals surface area contributed by atoms with Gasteiger partial charge in [0, 0.05) is 22.3 Å². The molecule has 0 saturated heterocycles. The van der Waals surface area contributed by atoms with Gasteiger partial charge in [-0.1, -0.05) is 72.8 Å². The first-order chi connectivity index (χ1) is 16.3. The van der Waals surface area contributed by atoms with Crippen molar-refractivity contribution in [2.75, 3.05) is 0 Å². The number of fused-ring (bicyclic) bond motifs is 6. The minimum atomic E-state index is 1.03. The van der Waals surface area contributed by atoms with Crippen molar-refractivity contribution in [1.82, 2.24) is 4.57 Å². The van der Waals surface area contributed by atoms with Gasteiger partial charge in [0.05, 0.1) is 5.52 Å². The second-order valence-corrected chi connectivity index (χ2v) is 9.36. The van der Waals surface area contributed by atoms with E-state index < -0.39 is 0 Å². The van der Waals surface area contributed by atoms with Crippen LogP contribution in [0.1, 0.15) is 34.4 Å². The lowest BCUT2D eigenvalue weighted by Gasteiger charge is -2.15. The second kappa shape index (κ2) is 7.08. The third-order valence-corrected chi connectivity index (χ3v) is 7.40. The molecule has 0 aliphatic heterocycles. The summed E-state index contributed by atoms with van der Waals surface area (Å²) in [6.45, 7) is 2.23. The quantitative estimate of drug-likeness (QED) is 0.265. The van der Waals surface area contributed by atoms with E-state index >= 15 is 0 Å². The molecule has 5 aromatic rings. The summed E-state index contributed by atoms with van der Waals surface area (Å²) in [5.74, 6) is 0. The SMILES string of the molecule is Cc1cccc2c1-c1ccc(-n3c4c(c5cc(-c6ccccc6)ccc53)C=CCC4)cc1C2. The topological polar surface area (TPSA) is 4.93 Å². The van der Waals surface area contributed by atoms with Crippen molar-refractivity contribution in [1.29, 1.82) is 0 Å². The van der Waals surface area contributed by atoms with Gasteiger partial charge in [-0.3, -0.25) is 0 Å². The average molecular weight is 424 g/mol. The zero-order valence-corrected chi connectivity index (χ0v) is 18.8. The lowest BCUT2D eigenvalue weighted by molar-refractivity contribution is 0.888. The molecule has 0 fully saturated rings. The number of rotatable bonds is 2. The number of hydrogen-bond donors (Lipinski definition) is 0. The molecule has 0 amide bonds. The largest absolute Gasteiger partial charge is 0.313 e. The first-order valence-electron chi connectivity index (χ1n) is 11.9. The van der Waals surface area contributed by atoms with Gasteiger partial charge < -0.3 is 4.57 Å². The predicted octanol–water partition coefficient (Wildman–Crippen LogP) is 8.14. The minimum Gasteiger partial charge on any atom is -0.313 e. The van der Waals surface area contributed by atoms with Gasteiger partial charge in [-0.25, -0.2) is 0 Å². The van der Waals surface area contributed by atoms with Crippen LogP contribution in [-0.2, 0) is 12.8 Å². The third-order valence-electron chi connectivity index (χ3n) is 7.40. The van der Waals surface area contributed by atoms with Crippen molar-refractivity contribution in [3.8, 4) is 27.9 Å². The Morgan fingerprint density at radius 1 is 0.758 bits per heavy atom. The molecule has 33 heavy (non-hydrogen) atoms. The Kier molecular flexibility index (Phi) is 4.01. The van der Waals surface area contributed by atoms with E-state index in [2.05, 4.69) is 109 Å². The van der Waals surface area contributed by atoms with Gasteiger partial charge in [-0.15, -0.1) is 0 Å². The van der Waals surface area contributed by atoms with E-state index in [9.17, 15) is 0 Å². The van der Waals surface area contributed by atoms with Crippen molar-refractivity contribution in [3.63, 3.8) is 0 Å². The van der Waals surface area contributed by atoms with Crippen LogP contribution in [-0.4, -0.2) is 4.57 Å². The Hall–Kier alpha value is -3.84. The van der Waals surface area contributed by atoms with E-state index in [1.165, 1.54) is 66.8 Å². The monoisotopic (exact) mass is 423 g/mol. The predicted molar refractivity (Wildman–Crippen MR) is 139 cm³/mol. The Balaban J connectivity index is 1.43. The van der Waals surface area contributed by atoms with Crippen LogP contribution in [0.2, 0.25) is 0 Å². The number of benzene rings is 4. The molecular weight excluding hydrogens is 398 g/mol. The molecule has 0 atom stereocenters. The zero-order valence-electron chi connectivity index (χ0n) is 18.8. The average Bonchev–Trinajstić information content (AvgIpc) is 3.40. The number of aryl methyl sites for hydroxylation is 1. The molecule has 0 bridgehead atoms. The highest BCUT2D eigenvalue weighted by Crippen LogP contribution is 2.41. The Labute approximate surface area is 194 Å². The molecule has 2 aliphatic rings. The Bertz CT molecular complexity index is 1580. The maximum Gasteiger partial charge on any atom is 0.0538 e. The normalized spacial score (nSPS) is 13.7. The summed E-state index contributed by atoms with van der Waals surface area (Å²) in [5.41, 5.74) is 15.1. The van der Waals surface area contributed by atoms with Crippen LogP contribution < -0.4 is 0 Å². The smallest absolute Gasteiger partial charge is 0.0538 e. The molecule has 0 N–H and O–H groups in total. The summed E-state index contributed by atoms with van der Waals surface area (Å²) in [4.78, 5) is 0. The van der Waals surface area contributed by atoms with E-state index in [-0.39, 0.29) is 0 Å². The maximum atomic E-state index is 2.51. The van der Waals surface area contributed by atoms with Gasteiger partial charge in [0.1, 0.15) is 0 Å². The fourth-order valence-electron chi connectivity index (χ4n) is 5.90. The molecule has 1 heteroatoms. The number of nitrogens with zero attached hydrogens (tertiary/aromatic N) is 1. The van der Waals surface area contributed by atoms with Crippen LogP contribution in [0, 0.1) is 6.92 Å². The van der Waals surface area contributed by atoms with E-state index in [1.54, 1.807) is 0 Å². The molecule has 0 radical (unpaired) electrons. The Morgan fingerprint density at radius 3 is 2.58 bits per heavy atom. The van der Waals surface area contributed by atoms with E-state index in [4.69, 9.17) is 0 Å². The zero-order chi connectivity index (χ0) is 21.9. The first kappa shape index (κ1) is 18.7. The van der Waals surface area contributed by atoms with Gasteiger partial charge in [0.2, 0.25) is 0 Å². The summed E-state index contributed by atoms with van der Waals surface area (Å²) < 4.78 is 2.51. The standard InChI is InChI=1S/C32H25N/c1-21-8-7-11-24-18-25-19-26(15-16-27(25)32(21)24)33-30-13-6-5-12-28(30)29-20-23(14-17-31(29)33)22-9-3-2-4-10-22/h2-5,7-12,14-17,19-20H,6,13,18H2,1H3. The Morgan fingerprint density at radius 2 is 1.67 bits per heavy atom. The fraction of sp³-hybridized carbons (Fsp3) is 0.125. The van der Waals surface area contributed by atoms with Gasteiger partial charge in [0.15, 0.2) is 0 Å². The highest BCUT2D eigenvalue weighted by atomic mass is 15.0. The number of aromatic nitrogens is 1. The number of allylic oxidation sites excluding steroid dienone is 1. The molecule has 0 unspecified atom stereocenters. The van der Waals surface area contributed by atoms with Crippen LogP contribution in [0.25, 0.3) is 44.9 Å². The van der Waals surface area contributed by atoms with Crippen LogP contribution >= 0.6 is 0 Å². The lowest BCUT2D eigenvalue weighted by Crippen LogP contribution is -2.03. The molecule has 1 heterocycles. The summed E-state index contributed by atoms with van der Waals surface area (Å²) in [7, 11) is 0. The van der Waals surface area contributed by atoms with Crippen LogP contribution in [0.5, 0.6) is 0 Å². The molecular formula is C32H25N. The number of hydrogen-bond acceptors (Lipinski definition) is 0. The second-order valence-electron chi connectivity index (χ2n) is 9.36. The third kappa shape index (κ3) is 2.79. The van der Waals surface area contributed by atoms with Crippen molar-refractivity contribution >= 4 is 17.0 Å². The molecule has 1 nitrogen and oxygen atoms in total. The molecule has 4 aromatic carbocycles. The first-order valence-corrected chi connectivity index (χ1v) is 11.9. The summed E-state index contributed by atoms with van der Waals surface area (Å²) in [6.07, 6.45) is 7.87. The van der Waals surface area contributed by atoms with Crippen molar-refractivity contribution in [2.45, 2.75) is 26.2 Å². The van der Waals surface area contributed by atoms with Crippen molar-refractivity contribution in [2.24, 2.45) is 0 Å². The fourth-order valence-corrected chi connectivity index (χ4v) is 5.90. The minimum absolute atomic E-state index is 1.03. The van der Waals surface area contributed by atoms with Crippen molar-refractivity contribution < 1.29 is 0 Å². The molecule has 158 valence electrons. The summed E-state index contributed by atoms with van der Waals surface area (Å²) in [5, 5.41) is 1.35. The van der Waals surface area contributed by atoms with Gasteiger partial charge in [-0.2, -0.15) is 0 Å². The van der Waals surface area contributed by atoms with Crippen LogP contribution in [0.3, 0.4) is 0 Å². The van der Waals surface area contributed by atoms with Crippen molar-refractivity contribution in [3.05, 3.63) is 119 Å². The summed E-state index contributed by atoms with van der Waals surface area (Å²) >= 11 is 0. The van der Waals surface area contributed by atoms with Gasteiger partial charge in [-0.05, 0) is 89.4 Å². The van der Waals surface area contributed by atoms with Crippen LogP contribution in [0.4, 0.5) is 0 Å².